The van der Waals surface area contributed by atoms with Crippen LogP contribution in [0.25, 0.3) is 0 Å². The molecule has 26 heavy (non-hydrogen) atoms. The lowest BCUT2D eigenvalue weighted by Gasteiger charge is -2.42. The number of hydrogen-bond donors (Lipinski definition) is 0. The van der Waals surface area contributed by atoms with Crippen LogP contribution in [-0.2, 0) is 9.53 Å². The molecular formula is C23H40O2S. The molecule has 1 aliphatic heterocycles. The summed E-state index contributed by atoms with van der Waals surface area (Å²) in [6.07, 6.45) is 7.02. The zero-order valence-corrected chi connectivity index (χ0v) is 18.9. The first kappa shape index (κ1) is 22.0. The van der Waals surface area contributed by atoms with Crippen LogP contribution < -0.4 is 0 Å². The molecule has 2 rings (SSSR count). The molecule has 3 heteroatoms. The first-order valence-corrected chi connectivity index (χ1v) is 11.5. The topological polar surface area (TPSA) is 26.3 Å². The number of carbonyl (C=O) groups is 1. The van der Waals surface area contributed by atoms with Gasteiger partial charge in [0.25, 0.3) is 0 Å². The number of ether oxygens (including phenoxy) is 1. The van der Waals surface area contributed by atoms with E-state index in [4.69, 9.17) is 4.74 Å². The Kier molecular flexibility index (Phi) is 7.85. The van der Waals surface area contributed by atoms with E-state index in [9.17, 15) is 4.79 Å². The van der Waals surface area contributed by atoms with Crippen LogP contribution in [0.1, 0.15) is 87.0 Å². The van der Waals surface area contributed by atoms with Crippen LogP contribution in [0.5, 0.6) is 0 Å². The molecule has 1 saturated heterocycles. The van der Waals surface area contributed by atoms with Gasteiger partial charge in [-0.1, -0.05) is 45.8 Å². The molecule has 4 atom stereocenters. The first-order chi connectivity index (χ1) is 12.1. The molecule has 1 aliphatic carbocycles. The fourth-order valence-corrected chi connectivity index (χ4v) is 6.97. The molecule has 2 nitrogen and oxygen atoms in total. The Balaban J connectivity index is 2.28. The molecule has 0 N–H and O–H groups in total. The molecule has 0 saturated carbocycles. The second-order valence-electron chi connectivity index (χ2n) is 9.71. The van der Waals surface area contributed by atoms with Crippen molar-refractivity contribution in [2.45, 2.75) is 104 Å². The van der Waals surface area contributed by atoms with Gasteiger partial charge in [0.15, 0.2) is 0 Å². The molecule has 1 heterocycles. The molecule has 0 aromatic carbocycles. The van der Waals surface area contributed by atoms with Crippen molar-refractivity contribution in [1.82, 2.24) is 0 Å². The van der Waals surface area contributed by atoms with E-state index in [1.165, 1.54) is 31.3 Å². The molecule has 0 bridgehead atoms. The third-order valence-electron chi connectivity index (χ3n) is 6.26. The normalized spacial score (nSPS) is 28.9. The van der Waals surface area contributed by atoms with Crippen molar-refractivity contribution in [3.63, 3.8) is 0 Å². The second kappa shape index (κ2) is 9.28. The van der Waals surface area contributed by atoms with Gasteiger partial charge < -0.3 is 4.74 Å². The predicted octanol–water partition coefficient (Wildman–Crippen LogP) is 6.43. The maximum atomic E-state index is 12.1. The Labute approximate surface area is 165 Å². The monoisotopic (exact) mass is 380 g/mol. The molecule has 150 valence electrons. The zero-order chi connectivity index (χ0) is 19.5. The summed E-state index contributed by atoms with van der Waals surface area (Å²) in [4.78, 5) is 12.1. The second-order valence-corrected chi connectivity index (χ2v) is 11.1. The van der Waals surface area contributed by atoms with E-state index in [2.05, 4.69) is 41.5 Å². The van der Waals surface area contributed by atoms with Gasteiger partial charge in [-0.2, -0.15) is 0 Å². The Hall–Kier alpha value is -0.280. The summed E-state index contributed by atoms with van der Waals surface area (Å²) in [5.74, 6) is 1.61. The zero-order valence-electron chi connectivity index (χ0n) is 18.1. The molecular weight excluding hydrogens is 340 g/mol. The van der Waals surface area contributed by atoms with Gasteiger partial charge in [-0.25, -0.2) is 0 Å². The fraction of sp³-hybridized carbons (Fsp3) is 0.870. The number of ketones is 1. The molecule has 0 aromatic rings. The molecule has 0 amide bonds. The minimum atomic E-state index is 0.206. The minimum absolute atomic E-state index is 0.206. The lowest BCUT2D eigenvalue weighted by Crippen LogP contribution is -2.39. The quantitative estimate of drug-likeness (QED) is 0.476. The molecule has 0 radical (unpaired) electrons. The summed E-state index contributed by atoms with van der Waals surface area (Å²) in [5.41, 5.74) is 3.29. The highest BCUT2D eigenvalue weighted by molar-refractivity contribution is 8.00. The molecule has 0 aromatic heterocycles. The largest absolute Gasteiger partial charge is 0.377 e. The summed E-state index contributed by atoms with van der Waals surface area (Å²) in [7, 11) is 0. The molecule has 4 unspecified atom stereocenters. The van der Waals surface area contributed by atoms with E-state index < -0.39 is 0 Å². The average molecular weight is 381 g/mol. The number of rotatable bonds is 7. The van der Waals surface area contributed by atoms with Gasteiger partial charge in [-0.15, -0.1) is 11.8 Å². The van der Waals surface area contributed by atoms with Gasteiger partial charge in [-0.3, -0.25) is 4.79 Å². The standard InChI is InChI=1S/C23H40O2S/c1-15(2)22(19-13-16(3)10-12-25-19)26-20(14-18(5)24)21-17(4)9-8-11-23(21,6)7/h15-16,19-20,22H,8-14H2,1-7H3. The smallest absolute Gasteiger partial charge is 0.131 e. The third-order valence-corrected chi connectivity index (χ3v) is 8.15. The summed E-state index contributed by atoms with van der Waals surface area (Å²) >= 11 is 2.04. The number of allylic oxidation sites excluding steroid dienone is 1. The average Bonchev–Trinajstić information content (AvgIpc) is 2.50. The van der Waals surface area contributed by atoms with Gasteiger partial charge in [0, 0.05) is 23.5 Å². The van der Waals surface area contributed by atoms with Gasteiger partial charge in [0.1, 0.15) is 5.78 Å². The maximum absolute atomic E-state index is 12.1. The highest BCUT2D eigenvalue weighted by Gasteiger charge is 2.38. The predicted molar refractivity (Wildman–Crippen MR) is 114 cm³/mol. The van der Waals surface area contributed by atoms with Crippen LogP contribution in [0.3, 0.4) is 0 Å². The van der Waals surface area contributed by atoms with Crippen molar-refractivity contribution in [3.8, 4) is 0 Å². The van der Waals surface area contributed by atoms with Gasteiger partial charge in [-0.05, 0) is 63.2 Å². The SMILES string of the molecule is CC(=O)CC(SC(C(C)C)C1CC(C)CCO1)C1=C(C)CCCC1(C)C. The van der Waals surface area contributed by atoms with E-state index in [-0.39, 0.29) is 5.41 Å². The van der Waals surface area contributed by atoms with Crippen molar-refractivity contribution in [3.05, 3.63) is 11.1 Å². The number of thioether (sulfide) groups is 1. The van der Waals surface area contributed by atoms with Crippen molar-refractivity contribution in [2.24, 2.45) is 17.3 Å². The number of carbonyl (C=O) groups excluding carboxylic acids is 1. The lowest BCUT2D eigenvalue weighted by molar-refractivity contribution is -0.116. The Bertz CT molecular complexity index is 520. The number of hydrogen-bond acceptors (Lipinski definition) is 3. The van der Waals surface area contributed by atoms with Crippen LogP contribution >= 0.6 is 11.8 Å². The van der Waals surface area contributed by atoms with Crippen LogP contribution in [0.15, 0.2) is 11.1 Å². The van der Waals surface area contributed by atoms with Crippen molar-refractivity contribution in [1.29, 1.82) is 0 Å². The highest BCUT2D eigenvalue weighted by Crippen LogP contribution is 2.48. The summed E-state index contributed by atoms with van der Waals surface area (Å²) in [6, 6.07) is 0. The minimum Gasteiger partial charge on any atom is -0.377 e. The van der Waals surface area contributed by atoms with E-state index in [0.29, 0.717) is 34.7 Å². The van der Waals surface area contributed by atoms with Crippen LogP contribution in [-0.4, -0.2) is 29.0 Å². The summed E-state index contributed by atoms with van der Waals surface area (Å²) in [5, 5.41) is 0.760. The van der Waals surface area contributed by atoms with E-state index in [1.54, 1.807) is 12.5 Å². The number of Topliss-reactive ketones (excluding diaryl/α,β-unsaturated/α-hetero) is 1. The van der Waals surface area contributed by atoms with Crippen LogP contribution in [0.4, 0.5) is 0 Å². The molecule has 0 spiro atoms. The first-order valence-electron chi connectivity index (χ1n) is 10.6. The van der Waals surface area contributed by atoms with Crippen molar-refractivity contribution < 1.29 is 9.53 Å². The van der Waals surface area contributed by atoms with E-state index >= 15 is 0 Å². The van der Waals surface area contributed by atoms with Gasteiger partial charge >= 0.3 is 0 Å². The molecule has 1 fully saturated rings. The van der Waals surface area contributed by atoms with E-state index in [1.807, 2.05) is 11.8 Å². The maximum Gasteiger partial charge on any atom is 0.131 e. The molecule has 2 aliphatic rings. The Morgan fingerprint density at radius 3 is 2.58 bits per heavy atom. The van der Waals surface area contributed by atoms with Crippen molar-refractivity contribution >= 4 is 17.5 Å². The Morgan fingerprint density at radius 2 is 2.04 bits per heavy atom. The van der Waals surface area contributed by atoms with Crippen LogP contribution in [0.2, 0.25) is 0 Å². The van der Waals surface area contributed by atoms with Gasteiger partial charge in [0.05, 0.1) is 6.10 Å². The van der Waals surface area contributed by atoms with E-state index in [0.717, 1.165) is 18.9 Å². The summed E-state index contributed by atoms with van der Waals surface area (Å²) < 4.78 is 6.22. The highest BCUT2D eigenvalue weighted by atomic mass is 32.2. The van der Waals surface area contributed by atoms with Crippen LogP contribution in [0, 0.1) is 17.3 Å². The fourth-order valence-electron chi connectivity index (χ4n) is 4.93. The van der Waals surface area contributed by atoms with Gasteiger partial charge in [0.2, 0.25) is 0 Å². The third kappa shape index (κ3) is 5.61. The lowest BCUT2D eigenvalue weighted by atomic mass is 9.71. The van der Waals surface area contributed by atoms with Crippen molar-refractivity contribution in [2.75, 3.05) is 6.61 Å². The summed E-state index contributed by atoms with van der Waals surface area (Å²) in [6.45, 7) is 16.7. The Morgan fingerprint density at radius 1 is 1.35 bits per heavy atom.